The van der Waals surface area contributed by atoms with Gasteiger partial charge in [-0.2, -0.15) is 0 Å². The predicted octanol–water partition coefficient (Wildman–Crippen LogP) is 3.69. The van der Waals surface area contributed by atoms with Crippen molar-refractivity contribution in [3.05, 3.63) is 59.7 Å². The molecule has 0 radical (unpaired) electrons. The number of nitrogens with zero attached hydrogens (tertiary/aromatic N) is 2. The van der Waals surface area contributed by atoms with Gasteiger partial charge in [0.2, 0.25) is 0 Å². The standard InChI is InChI=1S/C24H34N4O2.HI/c1-25-24(26-14-13-19-11-12-22(29-2)23(16-19)30-3)27-17-21-10-7-15-28(21)18-20-8-5-4-6-9-20;/h4-6,8-9,11-12,16,21H,7,10,13-15,17-18H2,1-3H3,(H2,25,26,27);1H. The lowest BCUT2D eigenvalue weighted by Crippen LogP contribution is -2.45. The average molecular weight is 538 g/mol. The molecule has 1 unspecified atom stereocenters. The molecular formula is C24H35IN4O2. The summed E-state index contributed by atoms with van der Waals surface area (Å²) in [5.74, 6) is 2.36. The Morgan fingerprint density at radius 3 is 2.52 bits per heavy atom. The first-order valence-electron chi connectivity index (χ1n) is 10.7. The van der Waals surface area contributed by atoms with E-state index < -0.39 is 0 Å². The third-order valence-corrected chi connectivity index (χ3v) is 5.61. The molecule has 0 amide bonds. The van der Waals surface area contributed by atoms with E-state index in [1.165, 1.54) is 24.0 Å². The van der Waals surface area contributed by atoms with Gasteiger partial charge < -0.3 is 20.1 Å². The predicted molar refractivity (Wildman–Crippen MR) is 138 cm³/mol. The number of aliphatic imine (C=N–C) groups is 1. The molecule has 1 aliphatic heterocycles. The lowest BCUT2D eigenvalue weighted by atomic mass is 10.1. The first kappa shape index (κ1) is 25.3. The number of ether oxygens (including phenoxy) is 2. The van der Waals surface area contributed by atoms with Crippen LogP contribution < -0.4 is 20.1 Å². The maximum Gasteiger partial charge on any atom is 0.191 e. The molecule has 2 aromatic rings. The van der Waals surface area contributed by atoms with Crippen LogP contribution in [0.4, 0.5) is 0 Å². The highest BCUT2D eigenvalue weighted by molar-refractivity contribution is 14.0. The highest BCUT2D eigenvalue weighted by atomic mass is 127. The molecule has 0 aliphatic carbocycles. The van der Waals surface area contributed by atoms with E-state index in [1.807, 2.05) is 19.2 Å². The van der Waals surface area contributed by atoms with Crippen molar-refractivity contribution in [3.63, 3.8) is 0 Å². The molecule has 1 heterocycles. The quantitative estimate of drug-likeness (QED) is 0.290. The molecule has 1 saturated heterocycles. The summed E-state index contributed by atoms with van der Waals surface area (Å²) >= 11 is 0. The topological polar surface area (TPSA) is 58.1 Å². The van der Waals surface area contributed by atoms with Crippen molar-refractivity contribution >= 4 is 29.9 Å². The van der Waals surface area contributed by atoms with Gasteiger partial charge in [-0.3, -0.25) is 9.89 Å². The number of nitrogens with one attached hydrogen (secondary N) is 2. The van der Waals surface area contributed by atoms with Gasteiger partial charge in [0.25, 0.3) is 0 Å². The smallest absolute Gasteiger partial charge is 0.191 e. The Bertz CT molecular complexity index is 816. The molecule has 1 fully saturated rings. The Morgan fingerprint density at radius 1 is 1.03 bits per heavy atom. The van der Waals surface area contributed by atoms with Crippen molar-refractivity contribution < 1.29 is 9.47 Å². The zero-order valence-corrected chi connectivity index (χ0v) is 21.1. The number of rotatable bonds is 9. The molecule has 0 aromatic heterocycles. The van der Waals surface area contributed by atoms with Gasteiger partial charge in [-0.05, 0) is 49.1 Å². The van der Waals surface area contributed by atoms with Crippen molar-refractivity contribution in [2.45, 2.75) is 31.8 Å². The minimum Gasteiger partial charge on any atom is -0.493 e. The molecule has 0 saturated carbocycles. The van der Waals surface area contributed by atoms with E-state index >= 15 is 0 Å². The summed E-state index contributed by atoms with van der Waals surface area (Å²) in [7, 11) is 5.14. The molecule has 170 valence electrons. The van der Waals surface area contributed by atoms with Gasteiger partial charge in [-0.15, -0.1) is 24.0 Å². The zero-order chi connectivity index (χ0) is 21.2. The van der Waals surface area contributed by atoms with Gasteiger partial charge in [-0.1, -0.05) is 36.4 Å². The van der Waals surface area contributed by atoms with Gasteiger partial charge >= 0.3 is 0 Å². The minimum atomic E-state index is 0. The van der Waals surface area contributed by atoms with Crippen LogP contribution in [0.3, 0.4) is 0 Å². The Labute approximate surface area is 203 Å². The summed E-state index contributed by atoms with van der Waals surface area (Å²) in [6.45, 7) is 3.88. The highest BCUT2D eigenvalue weighted by Crippen LogP contribution is 2.27. The second-order valence-electron chi connectivity index (χ2n) is 7.57. The van der Waals surface area contributed by atoms with Crippen LogP contribution in [0.5, 0.6) is 11.5 Å². The lowest BCUT2D eigenvalue weighted by molar-refractivity contribution is 0.245. The normalized spacial score (nSPS) is 16.5. The average Bonchev–Trinajstić information content (AvgIpc) is 3.23. The molecule has 2 N–H and O–H groups in total. The second-order valence-corrected chi connectivity index (χ2v) is 7.57. The van der Waals surface area contributed by atoms with Gasteiger partial charge in [-0.25, -0.2) is 0 Å². The fourth-order valence-electron chi connectivity index (χ4n) is 3.95. The molecule has 6 nitrogen and oxygen atoms in total. The van der Waals surface area contributed by atoms with Crippen LogP contribution in [0.2, 0.25) is 0 Å². The molecular weight excluding hydrogens is 503 g/mol. The molecule has 3 rings (SSSR count). The van der Waals surface area contributed by atoms with Gasteiger partial charge in [0.1, 0.15) is 0 Å². The van der Waals surface area contributed by atoms with Crippen molar-refractivity contribution in [2.24, 2.45) is 4.99 Å². The Kier molecular flexibility index (Phi) is 10.9. The first-order valence-corrected chi connectivity index (χ1v) is 10.7. The minimum absolute atomic E-state index is 0. The van der Waals surface area contributed by atoms with Gasteiger partial charge in [0.05, 0.1) is 14.2 Å². The molecule has 2 aromatic carbocycles. The molecule has 1 atom stereocenters. The Balaban J connectivity index is 0.00000341. The molecule has 0 bridgehead atoms. The molecule has 0 spiro atoms. The highest BCUT2D eigenvalue weighted by Gasteiger charge is 2.24. The number of hydrogen-bond donors (Lipinski definition) is 2. The zero-order valence-electron chi connectivity index (χ0n) is 18.8. The van der Waals surface area contributed by atoms with Crippen LogP contribution in [0.1, 0.15) is 24.0 Å². The summed E-state index contributed by atoms with van der Waals surface area (Å²) in [4.78, 5) is 6.95. The Morgan fingerprint density at radius 2 is 1.81 bits per heavy atom. The monoisotopic (exact) mass is 538 g/mol. The fourth-order valence-corrected chi connectivity index (χ4v) is 3.95. The van der Waals surface area contributed by atoms with E-state index in [4.69, 9.17) is 9.47 Å². The summed E-state index contributed by atoms with van der Waals surface area (Å²) in [5.41, 5.74) is 2.57. The van der Waals surface area contributed by atoms with E-state index in [1.54, 1.807) is 14.2 Å². The van der Waals surface area contributed by atoms with E-state index in [0.29, 0.717) is 6.04 Å². The number of hydrogen-bond acceptors (Lipinski definition) is 4. The maximum absolute atomic E-state index is 5.39. The van der Waals surface area contributed by atoms with Crippen molar-refractivity contribution in [3.8, 4) is 11.5 Å². The van der Waals surface area contributed by atoms with E-state index in [9.17, 15) is 0 Å². The molecule has 31 heavy (non-hydrogen) atoms. The van der Waals surface area contributed by atoms with Gasteiger partial charge in [0.15, 0.2) is 17.5 Å². The number of guanidine groups is 1. The summed E-state index contributed by atoms with van der Waals surface area (Å²) in [6, 6.07) is 17.3. The van der Waals surface area contributed by atoms with Crippen molar-refractivity contribution in [2.75, 3.05) is 40.9 Å². The van der Waals surface area contributed by atoms with E-state index in [-0.39, 0.29) is 24.0 Å². The van der Waals surface area contributed by atoms with Gasteiger partial charge in [0, 0.05) is 32.7 Å². The Hall–Kier alpha value is -2.00. The number of likely N-dealkylation sites (tertiary alicyclic amines) is 1. The van der Waals surface area contributed by atoms with E-state index in [2.05, 4.69) is 56.9 Å². The summed E-state index contributed by atoms with van der Waals surface area (Å²) < 4.78 is 10.7. The van der Waals surface area contributed by atoms with Crippen LogP contribution >= 0.6 is 24.0 Å². The maximum atomic E-state index is 5.39. The molecule has 1 aliphatic rings. The van der Waals surface area contributed by atoms with Crippen LogP contribution in [-0.2, 0) is 13.0 Å². The van der Waals surface area contributed by atoms with Crippen molar-refractivity contribution in [1.82, 2.24) is 15.5 Å². The number of benzene rings is 2. The van der Waals surface area contributed by atoms with Crippen LogP contribution in [0, 0.1) is 0 Å². The lowest BCUT2D eigenvalue weighted by Gasteiger charge is -2.25. The largest absolute Gasteiger partial charge is 0.493 e. The van der Waals surface area contributed by atoms with Crippen LogP contribution in [0.25, 0.3) is 0 Å². The third kappa shape index (κ3) is 7.57. The summed E-state index contributed by atoms with van der Waals surface area (Å²) in [6.07, 6.45) is 3.36. The fraction of sp³-hybridized carbons (Fsp3) is 0.458. The third-order valence-electron chi connectivity index (χ3n) is 5.61. The SMILES string of the molecule is CN=C(NCCc1ccc(OC)c(OC)c1)NCC1CCCN1Cc1ccccc1.I. The number of halogens is 1. The van der Waals surface area contributed by atoms with Crippen LogP contribution in [0.15, 0.2) is 53.5 Å². The van der Waals surface area contributed by atoms with Crippen LogP contribution in [-0.4, -0.2) is 57.8 Å². The van der Waals surface area contributed by atoms with E-state index in [0.717, 1.165) is 50.1 Å². The number of methoxy groups -OCH3 is 2. The summed E-state index contributed by atoms with van der Waals surface area (Å²) in [5, 5.41) is 6.93. The first-order chi connectivity index (χ1) is 14.7. The second kappa shape index (κ2) is 13.4. The van der Waals surface area contributed by atoms with Crippen molar-refractivity contribution in [1.29, 1.82) is 0 Å². The molecule has 7 heteroatoms.